The summed E-state index contributed by atoms with van der Waals surface area (Å²) in [5.74, 6) is -0.384. The van der Waals surface area contributed by atoms with Crippen LogP contribution in [-0.2, 0) is 17.8 Å². The Bertz CT molecular complexity index is 1850. The number of aryl methyl sites for hydroxylation is 2. The summed E-state index contributed by atoms with van der Waals surface area (Å²) >= 11 is 0. The Morgan fingerprint density at radius 2 is 1.07 bits per heavy atom. The highest BCUT2D eigenvalue weighted by Gasteiger charge is 2.21. The van der Waals surface area contributed by atoms with Gasteiger partial charge in [0, 0.05) is 102 Å². The quantitative estimate of drug-likeness (QED) is 0.159. The van der Waals surface area contributed by atoms with Crippen molar-refractivity contribution in [2.45, 2.75) is 78.0 Å². The number of hydrogen-bond acceptors (Lipinski definition) is 8. The minimum atomic E-state index is -0.643. The molecule has 2 aliphatic rings. The first-order valence-corrected chi connectivity index (χ1v) is 19.7. The molecular weight excluding hydrogens is 706 g/mol. The highest BCUT2D eigenvalue weighted by Crippen LogP contribution is 2.19. The number of halogens is 2. The third kappa shape index (κ3) is 13.2. The number of hydrogen-bond donors (Lipinski definition) is 1. The highest BCUT2D eigenvalue weighted by atomic mass is 19.1. The molecule has 2 saturated heterocycles. The molecule has 14 heteroatoms. The van der Waals surface area contributed by atoms with Crippen molar-refractivity contribution in [3.63, 3.8) is 0 Å². The van der Waals surface area contributed by atoms with Gasteiger partial charge in [0.25, 0.3) is 0 Å². The van der Waals surface area contributed by atoms with Gasteiger partial charge in [0.15, 0.2) is 0 Å². The van der Waals surface area contributed by atoms with Crippen LogP contribution in [0.2, 0.25) is 0 Å². The van der Waals surface area contributed by atoms with Crippen molar-refractivity contribution in [2.24, 2.45) is 0 Å². The van der Waals surface area contributed by atoms with E-state index in [-0.39, 0.29) is 23.0 Å². The molecule has 2 aromatic heterocycles. The molecular formula is C41H58F2N8O4. The number of aromatic nitrogens is 4. The SMILES string of the molecule is CC(C)(C)OC(=O)n1ccn(CCCCCN2CCN(c3ccc(F)cc3)CC2)c1=O.O=c1[nH]ccn1CCCCCN1CCN(c2ccc(F)cc2)CC1. The van der Waals surface area contributed by atoms with E-state index in [2.05, 4.69) is 24.6 Å². The number of piperazine rings is 2. The fourth-order valence-corrected chi connectivity index (χ4v) is 6.91. The summed E-state index contributed by atoms with van der Waals surface area (Å²) in [7, 11) is 0. The number of aromatic amines is 1. The van der Waals surface area contributed by atoms with E-state index in [4.69, 9.17) is 4.74 Å². The number of carbonyl (C=O) groups excluding carboxylic acids is 1. The van der Waals surface area contributed by atoms with Gasteiger partial charge >= 0.3 is 17.5 Å². The predicted octanol–water partition coefficient (Wildman–Crippen LogP) is 5.87. The van der Waals surface area contributed by atoms with Gasteiger partial charge in [-0.2, -0.15) is 0 Å². The van der Waals surface area contributed by atoms with Gasteiger partial charge in [0.05, 0.1) is 0 Å². The third-order valence-corrected chi connectivity index (χ3v) is 10.0. The maximum Gasteiger partial charge on any atom is 0.422 e. The molecule has 0 radical (unpaired) electrons. The minimum absolute atomic E-state index is 0.0214. The molecule has 0 unspecified atom stereocenters. The lowest BCUT2D eigenvalue weighted by molar-refractivity contribution is 0.0530. The van der Waals surface area contributed by atoms with E-state index in [0.29, 0.717) is 6.54 Å². The van der Waals surface area contributed by atoms with Crippen LogP contribution in [-0.4, -0.2) is 106 Å². The molecule has 12 nitrogen and oxygen atoms in total. The molecule has 1 N–H and O–H groups in total. The number of anilines is 2. The molecule has 2 fully saturated rings. The highest BCUT2D eigenvalue weighted by molar-refractivity contribution is 5.70. The molecule has 4 heterocycles. The van der Waals surface area contributed by atoms with E-state index in [1.54, 1.807) is 48.5 Å². The van der Waals surface area contributed by atoms with E-state index in [1.165, 1.54) is 30.5 Å². The zero-order chi connectivity index (χ0) is 39.2. The van der Waals surface area contributed by atoms with Crippen LogP contribution in [0.25, 0.3) is 0 Å². The second-order valence-corrected chi connectivity index (χ2v) is 15.3. The van der Waals surface area contributed by atoms with Crippen molar-refractivity contribution in [1.82, 2.24) is 28.5 Å². The molecule has 0 bridgehead atoms. The van der Waals surface area contributed by atoms with E-state index >= 15 is 0 Å². The maximum absolute atomic E-state index is 13.1. The van der Waals surface area contributed by atoms with Crippen molar-refractivity contribution < 1.29 is 18.3 Å². The maximum atomic E-state index is 13.1. The molecule has 0 spiro atoms. The number of unbranched alkanes of at least 4 members (excludes halogenated alkanes) is 4. The minimum Gasteiger partial charge on any atom is -0.443 e. The second kappa shape index (κ2) is 20.3. The fraction of sp³-hybridized carbons (Fsp3) is 0.537. The Kier molecular flexibility index (Phi) is 15.3. The monoisotopic (exact) mass is 764 g/mol. The van der Waals surface area contributed by atoms with Gasteiger partial charge in [-0.25, -0.2) is 27.7 Å². The van der Waals surface area contributed by atoms with Gasteiger partial charge in [-0.15, -0.1) is 0 Å². The average Bonchev–Trinajstić information content (AvgIpc) is 3.76. The number of imidazole rings is 2. The summed E-state index contributed by atoms with van der Waals surface area (Å²) in [5, 5.41) is 0. The molecule has 6 rings (SSSR count). The first kappa shape index (κ1) is 41.5. The normalized spacial score (nSPS) is 15.5. The summed E-state index contributed by atoms with van der Waals surface area (Å²) in [6.07, 6.45) is 12.3. The Morgan fingerprint density at radius 1 is 0.618 bits per heavy atom. The molecule has 55 heavy (non-hydrogen) atoms. The molecule has 0 aliphatic carbocycles. The van der Waals surface area contributed by atoms with Gasteiger partial charge in [0.1, 0.15) is 17.2 Å². The summed E-state index contributed by atoms with van der Waals surface area (Å²) in [6, 6.07) is 13.5. The molecule has 0 saturated carbocycles. The molecule has 2 aromatic carbocycles. The standard InChI is InChI=1S/C23H33FN4O3.C18H25FN4O/c1-23(2,3)31-22(30)28-18-17-27(21(28)29)12-6-4-5-11-25-13-15-26(16-14-25)20-9-7-19(24)8-10-20;19-16-4-6-17(7-5-16)22-14-12-21(13-15-22)9-2-1-3-10-23-11-8-20-18(23)24/h7-10,17-18H,4-6,11-16H2,1-3H3;4-8,11H,1-3,9-10,12-15H2,(H,20,24). The molecule has 0 atom stereocenters. The van der Waals surface area contributed by atoms with Gasteiger partial charge < -0.3 is 19.5 Å². The van der Waals surface area contributed by atoms with Crippen LogP contribution in [0.3, 0.4) is 0 Å². The van der Waals surface area contributed by atoms with E-state index < -0.39 is 11.7 Å². The van der Waals surface area contributed by atoms with Crippen LogP contribution in [0.15, 0.2) is 82.9 Å². The largest absolute Gasteiger partial charge is 0.443 e. The van der Waals surface area contributed by atoms with Crippen molar-refractivity contribution >= 4 is 17.5 Å². The van der Waals surface area contributed by atoms with Crippen LogP contribution in [0.5, 0.6) is 0 Å². The topological polar surface area (TPSA) is 104 Å². The van der Waals surface area contributed by atoms with Gasteiger partial charge in [-0.05, 0) is 108 Å². The second-order valence-electron chi connectivity index (χ2n) is 15.3. The molecule has 2 aliphatic heterocycles. The summed E-state index contributed by atoms with van der Waals surface area (Å²) < 4.78 is 35.6. The van der Waals surface area contributed by atoms with Crippen LogP contribution >= 0.6 is 0 Å². The molecule has 0 amide bonds. The Balaban J connectivity index is 0.000000218. The zero-order valence-corrected chi connectivity index (χ0v) is 32.7. The lowest BCUT2D eigenvalue weighted by Crippen LogP contribution is -2.46. The van der Waals surface area contributed by atoms with E-state index in [1.807, 2.05) is 24.3 Å². The van der Waals surface area contributed by atoms with Gasteiger partial charge in [-0.3, -0.25) is 18.9 Å². The van der Waals surface area contributed by atoms with E-state index in [9.17, 15) is 23.2 Å². The van der Waals surface area contributed by atoms with Crippen LogP contribution in [0, 0.1) is 11.6 Å². The number of nitrogens with one attached hydrogen (secondary N) is 1. The van der Waals surface area contributed by atoms with E-state index in [0.717, 1.165) is 126 Å². The zero-order valence-electron chi connectivity index (χ0n) is 32.7. The lowest BCUT2D eigenvalue weighted by atomic mass is 10.2. The smallest absolute Gasteiger partial charge is 0.422 e. The Labute approximate surface area is 322 Å². The number of carbonyl (C=O) groups is 1. The van der Waals surface area contributed by atoms with Crippen molar-refractivity contribution in [1.29, 1.82) is 0 Å². The van der Waals surface area contributed by atoms with Crippen molar-refractivity contribution in [2.75, 3.05) is 75.2 Å². The number of H-pyrrole nitrogens is 1. The number of nitrogens with zero attached hydrogens (tertiary/aromatic N) is 7. The lowest BCUT2D eigenvalue weighted by Gasteiger charge is -2.36. The first-order valence-electron chi connectivity index (χ1n) is 19.7. The van der Waals surface area contributed by atoms with Crippen molar-refractivity contribution in [3.8, 4) is 0 Å². The predicted molar refractivity (Wildman–Crippen MR) is 213 cm³/mol. The first-order chi connectivity index (χ1) is 26.4. The average molecular weight is 765 g/mol. The molecule has 300 valence electrons. The number of ether oxygens (including phenoxy) is 1. The molecule has 4 aromatic rings. The number of rotatable bonds is 14. The van der Waals surface area contributed by atoms with Gasteiger partial charge in [0.2, 0.25) is 0 Å². The van der Waals surface area contributed by atoms with Crippen LogP contribution < -0.4 is 21.2 Å². The summed E-state index contributed by atoms with van der Waals surface area (Å²) in [5.41, 5.74) is 1.17. The van der Waals surface area contributed by atoms with Gasteiger partial charge in [-0.1, -0.05) is 12.8 Å². The fourth-order valence-electron chi connectivity index (χ4n) is 6.91. The Hall–Kier alpha value is -4.69. The third-order valence-electron chi connectivity index (χ3n) is 10.0. The number of benzene rings is 2. The summed E-state index contributed by atoms with van der Waals surface area (Å²) in [6.45, 7) is 16.8. The van der Waals surface area contributed by atoms with Crippen molar-refractivity contribution in [3.05, 3.63) is 106 Å². The van der Waals surface area contributed by atoms with Crippen LogP contribution in [0.1, 0.15) is 59.3 Å². The van der Waals surface area contributed by atoms with Crippen LogP contribution in [0.4, 0.5) is 25.0 Å². The Morgan fingerprint density at radius 3 is 1.51 bits per heavy atom. The summed E-state index contributed by atoms with van der Waals surface area (Å²) in [4.78, 5) is 48.0.